The topological polar surface area (TPSA) is 37.4 Å². The monoisotopic (exact) mass is 301 g/mol. The summed E-state index contributed by atoms with van der Waals surface area (Å²) in [5, 5.41) is 0. The Morgan fingerprint density at radius 3 is 2.64 bits per heavy atom. The predicted octanol–water partition coefficient (Wildman–Crippen LogP) is 3.19. The van der Waals surface area contributed by atoms with Gasteiger partial charge in [-0.1, -0.05) is 19.9 Å². The lowest BCUT2D eigenvalue weighted by Gasteiger charge is -2.59. The maximum absolute atomic E-state index is 12.4. The average Bonchev–Trinajstić information content (AvgIpc) is 2.79. The lowest BCUT2D eigenvalue weighted by atomic mass is 9.48. The largest absolute Gasteiger partial charge is 0.338 e. The zero-order chi connectivity index (χ0) is 15.7. The summed E-state index contributed by atoms with van der Waals surface area (Å²) in [5.74, 6) is 2.53. The number of likely N-dealkylation sites (N-methyl/N-ethyl adjacent to an activating group) is 1. The lowest BCUT2D eigenvalue weighted by Crippen LogP contribution is -2.59. The minimum absolute atomic E-state index is 0.0511. The standard InChI is InChI=1S/C19H27NO2/c1-18-11-9-17(22)20(3)15(18)6-4-12-13-5-7-16(21)19(13,2)10-8-14(12)18/h9,11-15H,4-8,10H2,1-3H3/t12-,13-,14+,15?,18+,19-/m0/s1. The summed E-state index contributed by atoms with van der Waals surface area (Å²) in [6.45, 7) is 4.58. The molecule has 0 N–H and O–H groups in total. The van der Waals surface area contributed by atoms with Crippen molar-refractivity contribution in [2.24, 2.45) is 28.6 Å². The molecule has 6 atom stereocenters. The van der Waals surface area contributed by atoms with Crippen LogP contribution >= 0.6 is 0 Å². The summed E-state index contributed by atoms with van der Waals surface area (Å²) in [7, 11) is 1.96. The molecule has 0 aromatic carbocycles. The first-order chi connectivity index (χ1) is 10.4. The molecule has 22 heavy (non-hydrogen) atoms. The highest BCUT2D eigenvalue weighted by molar-refractivity contribution is 5.89. The Morgan fingerprint density at radius 1 is 1.09 bits per heavy atom. The molecule has 4 aliphatic rings. The van der Waals surface area contributed by atoms with Gasteiger partial charge in [0.1, 0.15) is 5.78 Å². The summed E-state index contributed by atoms with van der Waals surface area (Å²) < 4.78 is 0. The van der Waals surface area contributed by atoms with Gasteiger partial charge in [0.05, 0.1) is 0 Å². The van der Waals surface area contributed by atoms with Crippen LogP contribution in [0.2, 0.25) is 0 Å². The van der Waals surface area contributed by atoms with E-state index in [-0.39, 0.29) is 16.7 Å². The highest BCUT2D eigenvalue weighted by Gasteiger charge is 2.60. The molecule has 1 aliphatic heterocycles. The van der Waals surface area contributed by atoms with Crippen LogP contribution in [0.15, 0.2) is 12.2 Å². The third-order valence-electron chi connectivity index (χ3n) is 7.84. The highest BCUT2D eigenvalue weighted by atomic mass is 16.2. The van der Waals surface area contributed by atoms with E-state index >= 15 is 0 Å². The summed E-state index contributed by atoms with van der Waals surface area (Å²) in [6.07, 6.45) is 10.3. The van der Waals surface area contributed by atoms with E-state index in [1.165, 1.54) is 6.42 Å². The van der Waals surface area contributed by atoms with E-state index < -0.39 is 0 Å². The molecule has 1 unspecified atom stereocenters. The first-order valence-corrected chi connectivity index (χ1v) is 8.87. The summed E-state index contributed by atoms with van der Waals surface area (Å²) in [5.41, 5.74) is 0.0447. The molecule has 0 aromatic rings. The van der Waals surface area contributed by atoms with Gasteiger partial charge in [-0.2, -0.15) is 0 Å². The molecule has 120 valence electrons. The van der Waals surface area contributed by atoms with E-state index in [2.05, 4.69) is 19.9 Å². The Kier molecular flexibility index (Phi) is 2.93. The van der Waals surface area contributed by atoms with Crippen LogP contribution in [0.5, 0.6) is 0 Å². The number of amides is 1. The van der Waals surface area contributed by atoms with E-state index in [0.29, 0.717) is 29.6 Å². The first kappa shape index (κ1) is 14.5. The van der Waals surface area contributed by atoms with E-state index in [1.54, 1.807) is 6.08 Å². The summed E-state index contributed by atoms with van der Waals surface area (Å²) in [6, 6.07) is 0.340. The second kappa shape index (κ2) is 4.46. The molecule has 1 amide bonds. The number of Topliss-reactive ketones (excluding diaryl/α,β-unsaturated/α-hetero) is 1. The smallest absolute Gasteiger partial charge is 0.246 e. The zero-order valence-corrected chi connectivity index (χ0v) is 14.0. The third-order valence-corrected chi connectivity index (χ3v) is 7.84. The fraction of sp³-hybridized carbons (Fsp3) is 0.789. The van der Waals surface area contributed by atoms with Gasteiger partial charge in [-0.15, -0.1) is 0 Å². The Morgan fingerprint density at radius 2 is 1.86 bits per heavy atom. The molecule has 0 spiro atoms. The van der Waals surface area contributed by atoms with Gasteiger partial charge in [0.2, 0.25) is 5.91 Å². The Bertz CT molecular complexity index is 568. The maximum atomic E-state index is 12.4. The summed E-state index contributed by atoms with van der Waals surface area (Å²) in [4.78, 5) is 26.4. The van der Waals surface area contributed by atoms with Gasteiger partial charge in [0.15, 0.2) is 0 Å². The van der Waals surface area contributed by atoms with Crippen molar-refractivity contribution in [2.75, 3.05) is 7.05 Å². The molecule has 0 aromatic heterocycles. The van der Waals surface area contributed by atoms with Gasteiger partial charge in [-0.3, -0.25) is 9.59 Å². The van der Waals surface area contributed by atoms with Gasteiger partial charge in [0.25, 0.3) is 0 Å². The fourth-order valence-electron chi connectivity index (χ4n) is 6.51. The number of fused-ring (bicyclic) bond motifs is 5. The van der Waals surface area contributed by atoms with Crippen molar-refractivity contribution in [3.05, 3.63) is 12.2 Å². The van der Waals surface area contributed by atoms with E-state index in [1.807, 2.05) is 11.9 Å². The number of nitrogens with zero attached hydrogens (tertiary/aromatic N) is 1. The van der Waals surface area contributed by atoms with E-state index in [9.17, 15) is 9.59 Å². The van der Waals surface area contributed by atoms with E-state index in [4.69, 9.17) is 0 Å². The molecule has 3 nitrogen and oxygen atoms in total. The first-order valence-electron chi connectivity index (χ1n) is 8.87. The number of carbonyl (C=O) groups excluding carboxylic acids is 2. The number of hydrogen-bond acceptors (Lipinski definition) is 2. The fourth-order valence-corrected chi connectivity index (χ4v) is 6.51. The van der Waals surface area contributed by atoms with Gasteiger partial charge in [-0.25, -0.2) is 0 Å². The van der Waals surface area contributed by atoms with Crippen LogP contribution in [0.1, 0.15) is 52.4 Å². The summed E-state index contributed by atoms with van der Waals surface area (Å²) >= 11 is 0. The van der Waals surface area contributed by atoms with E-state index in [0.717, 1.165) is 32.1 Å². The Hall–Kier alpha value is -1.12. The molecule has 3 heteroatoms. The second-order valence-electron chi connectivity index (χ2n) is 8.54. The minimum Gasteiger partial charge on any atom is -0.338 e. The van der Waals surface area contributed by atoms with Crippen LogP contribution in [-0.4, -0.2) is 29.7 Å². The van der Waals surface area contributed by atoms with Crippen molar-refractivity contribution in [3.63, 3.8) is 0 Å². The van der Waals surface area contributed by atoms with Crippen LogP contribution in [0, 0.1) is 28.6 Å². The molecule has 0 saturated heterocycles. The van der Waals surface area contributed by atoms with Crippen molar-refractivity contribution in [3.8, 4) is 0 Å². The average molecular weight is 301 g/mol. The molecule has 4 rings (SSSR count). The third kappa shape index (κ3) is 1.63. The second-order valence-corrected chi connectivity index (χ2v) is 8.54. The normalized spacial score (nSPS) is 50.6. The molecule has 3 fully saturated rings. The molecule has 0 bridgehead atoms. The van der Waals surface area contributed by atoms with Crippen LogP contribution < -0.4 is 0 Å². The maximum Gasteiger partial charge on any atom is 0.246 e. The molecule has 3 saturated carbocycles. The number of rotatable bonds is 0. The van der Waals surface area contributed by atoms with Gasteiger partial charge >= 0.3 is 0 Å². The van der Waals surface area contributed by atoms with Crippen molar-refractivity contribution in [1.29, 1.82) is 0 Å². The zero-order valence-electron chi connectivity index (χ0n) is 14.0. The van der Waals surface area contributed by atoms with Crippen molar-refractivity contribution < 1.29 is 9.59 Å². The van der Waals surface area contributed by atoms with Crippen LogP contribution in [0.4, 0.5) is 0 Å². The van der Waals surface area contributed by atoms with Gasteiger partial charge < -0.3 is 4.90 Å². The van der Waals surface area contributed by atoms with Crippen molar-refractivity contribution in [1.82, 2.24) is 4.90 Å². The molecule has 0 radical (unpaired) electrons. The minimum atomic E-state index is -0.0511. The molecular weight excluding hydrogens is 274 g/mol. The molecule has 1 heterocycles. The van der Waals surface area contributed by atoms with Crippen LogP contribution in [0.3, 0.4) is 0 Å². The number of carbonyl (C=O) groups is 2. The van der Waals surface area contributed by atoms with Gasteiger partial charge in [0, 0.05) is 30.3 Å². The van der Waals surface area contributed by atoms with Gasteiger partial charge in [-0.05, 0) is 55.9 Å². The highest BCUT2D eigenvalue weighted by Crippen LogP contribution is 2.62. The quantitative estimate of drug-likeness (QED) is 0.689. The SMILES string of the molecule is CN1C(=O)C=C[C@@]2(C)C1CC[C@@H]1[C@H]2CC[C@]2(C)C(=O)CC[C@@H]12. The molecular formula is C19H27NO2. The van der Waals surface area contributed by atoms with Crippen LogP contribution in [0.25, 0.3) is 0 Å². The Balaban J connectivity index is 1.71. The van der Waals surface area contributed by atoms with Crippen LogP contribution in [-0.2, 0) is 9.59 Å². The van der Waals surface area contributed by atoms with Crippen molar-refractivity contribution >= 4 is 11.7 Å². The molecule has 3 aliphatic carbocycles. The number of hydrogen-bond donors (Lipinski definition) is 0. The predicted molar refractivity (Wildman–Crippen MR) is 85.1 cm³/mol. The number of ketones is 1. The lowest BCUT2D eigenvalue weighted by molar-refractivity contribution is -0.141. The van der Waals surface area contributed by atoms with Crippen molar-refractivity contribution in [2.45, 2.75) is 58.4 Å². The Labute approximate surface area is 133 Å².